The Labute approximate surface area is 178 Å². The van der Waals surface area contributed by atoms with Crippen LogP contribution < -0.4 is 10.6 Å². The first kappa shape index (κ1) is 21.5. The number of nitrogens with one attached hydrogen (secondary N) is 2. The van der Waals surface area contributed by atoms with E-state index in [0.29, 0.717) is 32.5 Å². The van der Waals surface area contributed by atoms with Crippen molar-refractivity contribution in [2.24, 2.45) is 5.92 Å². The zero-order valence-electron chi connectivity index (χ0n) is 16.3. The highest BCUT2D eigenvalue weighted by molar-refractivity contribution is 9.10. The number of nitrogens with zero attached hydrogens (tertiary/aromatic N) is 1. The number of halogens is 2. The second kappa shape index (κ2) is 9.98. The molecule has 1 fully saturated rings. The quantitative estimate of drug-likeness (QED) is 0.684. The van der Waals surface area contributed by atoms with E-state index in [0.717, 1.165) is 15.7 Å². The van der Waals surface area contributed by atoms with E-state index in [1.165, 1.54) is 12.1 Å². The molecule has 1 heterocycles. The molecule has 2 amide bonds. The molecule has 154 valence electrons. The Hall–Kier alpha value is -2.25. The van der Waals surface area contributed by atoms with Crippen molar-refractivity contribution < 1.29 is 14.0 Å². The molecule has 29 heavy (non-hydrogen) atoms. The van der Waals surface area contributed by atoms with E-state index >= 15 is 0 Å². The molecule has 1 unspecified atom stereocenters. The zero-order chi connectivity index (χ0) is 20.8. The van der Waals surface area contributed by atoms with Crippen molar-refractivity contribution >= 4 is 33.4 Å². The number of anilines is 1. The van der Waals surface area contributed by atoms with Gasteiger partial charge in [-0.25, -0.2) is 4.39 Å². The van der Waals surface area contributed by atoms with Crippen LogP contribution in [0.25, 0.3) is 0 Å². The first-order chi connectivity index (χ1) is 13.9. The van der Waals surface area contributed by atoms with Crippen molar-refractivity contribution in [3.63, 3.8) is 0 Å². The molecule has 0 bridgehead atoms. The number of likely N-dealkylation sites (tertiary alicyclic amines) is 1. The van der Waals surface area contributed by atoms with Gasteiger partial charge in [0.15, 0.2) is 0 Å². The van der Waals surface area contributed by atoms with Crippen molar-refractivity contribution in [1.29, 1.82) is 0 Å². The van der Waals surface area contributed by atoms with Crippen LogP contribution >= 0.6 is 15.9 Å². The van der Waals surface area contributed by atoms with E-state index in [1.54, 1.807) is 12.1 Å². The predicted molar refractivity (Wildman–Crippen MR) is 115 cm³/mol. The summed E-state index contributed by atoms with van der Waals surface area (Å²) in [7, 11) is 0. The van der Waals surface area contributed by atoms with Crippen LogP contribution in [0.3, 0.4) is 0 Å². The minimum absolute atomic E-state index is 0.0148. The summed E-state index contributed by atoms with van der Waals surface area (Å²) in [4.78, 5) is 27.1. The molecule has 5 nitrogen and oxygen atoms in total. The Morgan fingerprint density at radius 2 is 1.72 bits per heavy atom. The van der Waals surface area contributed by atoms with Gasteiger partial charge in [-0.05, 0) is 74.8 Å². The third-order valence-electron chi connectivity index (χ3n) is 5.32. The lowest BCUT2D eigenvalue weighted by Gasteiger charge is -2.34. The zero-order valence-corrected chi connectivity index (χ0v) is 17.9. The van der Waals surface area contributed by atoms with Crippen LogP contribution in [-0.4, -0.2) is 35.8 Å². The van der Waals surface area contributed by atoms with E-state index in [-0.39, 0.29) is 29.6 Å². The molecule has 1 saturated heterocycles. The van der Waals surface area contributed by atoms with Crippen LogP contribution in [0.1, 0.15) is 25.3 Å². The number of benzene rings is 2. The van der Waals surface area contributed by atoms with Crippen molar-refractivity contribution in [2.75, 3.05) is 18.4 Å². The molecule has 1 aliphatic heterocycles. The Morgan fingerprint density at radius 3 is 2.34 bits per heavy atom. The van der Waals surface area contributed by atoms with Crippen molar-refractivity contribution in [1.82, 2.24) is 10.2 Å². The monoisotopic (exact) mass is 461 g/mol. The molecule has 1 atom stereocenters. The lowest BCUT2D eigenvalue weighted by atomic mass is 9.94. The topological polar surface area (TPSA) is 61.4 Å². The van der Waals surface area contributed by atoms with Crippen molar-refractivity contribution in [3.8, 4) is 0 Å². The van der Waals surface area contributed by atoms with E-state index < -0.39 is 0 Å². The smallest absolute Gasteiger partial charge is 0.241 e. The molecule has 0 saturated carbocycles. The Kier molecular flexibility index (Phi) is 7.39. The van der Waals surface area contributed by atoms with Gasteiger partial charge in [0.25, 0.3) is 0 Å². The number of rotatable bonds is 6. The summed E-state index contributed by atoms with van der Waals surface area (Å²) in [6, 6.07) is 13.3. The molecular weight excluding hydrogens is 437 g/mol. The van der Waals surface area contributed by atoms with Crippen LogP contribution in [0.15, 0.2) is 53.0 Å². The number of piperidine rings is 1. The molecule has 0 spiro atoms. The largest absolute Gasteiger partial charge is 0.352 e. The standard InChI is InChI=1S/C22H25BrFN3O2/c1-15(21(28)26-20-8-4-18(23)5-9-20)27-12-10-17(11-13-27)22(29)25-14-16-2-6-19(24)7-3-16/h2-9,15,17H,10-14H2,1H3,(H,25,29)(H,26,28). The van der Waals surface area contributed by atoms with Gasteiger partial charge in [0.2, 0.25) is 11.8 Å². The highest BCUT2D eigenvalue weighted by Gasteiger charge is 2.29. The maximum Gasteiger partial charge on any atom is 0.241 e. The second-order valence-electron chi connectivity index (χ2n) is 7.33. The first-order valence-electron chi connectivity index (χ1n) is 9.75. The highest BCUT2D eigenvalue weighted by Crippen LogP contribution is 2.21. The van der Waals surface area contributed by atoms with Crippen LogP contribution in [0.5, 0.6) is 0 Å². The number of hydrogen-bond acceptors (Lipinski definition) is 3. The fourth-order valence-corrected chi connectivity index (χ4v) is 3.69. The van der Waals surface area contributed by atoms with E-state index in [2.05, 4.69) is 31.5 Å². The molecule has 7 heteroatoms. The Morgan fingerprint density at radius 1 is 1.10 bits per heavy atom. The normalized spacial score (nSPS) is 16.2. The van der Waals surface area contributed by atoms with Gasteiger partial charge in [0.1, 0.15) is 5.82 Å². The van der Waals surface area contributed by atoms with E-state index in [4.69, 9.17) is 0 Å². The summed E-state index contributed by atoms with van der Waals surface area (Å²) in [5.41, 5.74) is 1.63. The van der Waals surface area contributed by atoms with Crippen molar-refractivity contribution in [3.05, 3.63) is 64.4 Å². The van der Waals surface area contributed by atoms with Crippen LogP contribution in [0, 0.1) is 11.7 Å². The lowest BCUT2D eigenvalue weighted by molar-refractivity contribution is -0.127. The Balaban J connectivity index is 1.43. The van der Waals surface area contributed by atoms with E-state index in [1.807, 2.05) is 31.2 Å². The minimum Gasteiger partial charge on any atom is -0.352 e. The number of amides is 2. The average Bonchev–Trinajstić information content (AvgIpc) is 2.74. The third kappa shape index (κ3) is 6.11. The molecule has 2 aromatic rings. The number of carbonyl (C=O) groups is 2. The molecule has 0 aliphatic carbocycles. The fourth-order valence-electron chi connectivity index (χ4n) is 3.43. The molecule has 2 N–H and O–H groups in total. The number of carbonyl (C=O) groups excluding carboxylic acids is 2. The first-order valence-corrected chi connectivity index (χ1v) is 10.5. The van der Waals surface area contributed by atoms with Crippen LogP contribution in [0.4, 0.5) is 10.1 Å². The van der Waals surface area contributed by atoms with Gasteiger partial charge in [-0.15, -0.1) is 0 Å². The lowest BCUT2D eigenvalue weighted by Crippen LogP contribution is -2.48. The van der Waals surface area contributed by atoms with Crippen LogP contribution in [0.2, 0.25) is 0 Å². The summed E-state index contributed by atoms with van der Waals surface area (Å²) < 4.78 is 13.9. The molecule has 0 aromatic heterocycles. The summed E-state index contributed by atoms with van der Waals surface area (Å²) in [5.74, 6) is -0.383. The summed E-state index contributed by atoms with van der Waals surface area (Å²) in [6.07, 6.45) is 1.43. The van der Waals surface area contributed by atoms with Gasteiger partial charge in [0.05, 0.1) is 6.04 Å². The summed E-state index contributed by atoms with van der Waals surface area (Å²) in [5, 5.41) is 5.86. The Bertz CT molecular complexity index is 834. The maximum absolute atomic E-state index is 13.0. The van der Waals surface area contributed by atoms with Gasteiger partial charge in [0, 0.05) is 22.6 Å². The summed E-state index contributed by atoms with van der Waals surface area (Å²) in [6.45, 7) is 3.68. The molecule has 2 aromatic carbocycles. The van der Waals surface area contributed by atoms with E-state index in [9.17, 15) is 14.0 Å². The molecule has 3 rings (SSSR count). The number of hydrogen-bond donors (Lipinski definition) is 2. The second-order valence-corrected chi connectivity index (χ2v) is 8.24. The molecule has 0 radical (unpaired) electrons. The molecular formula is C22H25BrFN3O2. The predicted octanol–water partition coefficient (Wildman–Crippen LogP) is 3.94. The average molecular weight is 462 g/mol. The van der Waals surface area contributed by atoms with Gasteiger partial charge in [-0.1, -0.05) is 28.1 Å². The summed E-state index contributed by atoms with van der Waals surface area (Å²) >= 11 is 3.38. The highest BCUT2D eigenvalue weighted by atomic mass is 79.9. The van der Waals surface area contributed by atoms with Crippen LogP contribution in [-0.2, 0) is 16.1 Å². The fraction of sp³-hybridized carbons (Fsp3) is 0.364. The maximum atomic E-state index is 13.0. The minimum atomic E-state index is -0.286. The van der Waals surface area contributed by atoms with Gasteiger partial charge < -0.3 is 10.6 Å². The molecule has 1 aliphatic rings. The van der Waals surface area contributed by atoms with Gasteiger partial charge >= 0.3 is 0 Å². The van der Waals surface area contributed by atoms with Crippen molar-refractivity contribution in [2.45, 2.75) is 32.4 Å². The van der Waals surface area contributed by atoms with Gasteiger partial charge in [-0.2, -0.15) is 0 Å². The third-order valence-corrected chi connectivity index (χ3v) is 5.85. The SMILES string of the molecule is CC(C(=O)Nc1ccc(Br)cc1)N1CCC(C(=O)NCc2ccc(F)cc2)CC1. The van der Waals surface area contributed by atoms with Gasteiger partial charge in [-0.3, -0.25) is 14.5 Å².